The number of nitrogens with one attached hydrogen (secondary N) is 2. The van der Waals surface area contributed by atoms with Crippen molar-refractivity contribution in [2.45, 2.75) is 31.3 Å². The van der Waals surface area contributed by atoms with Crippen LogP contribution in [0.2, 0.25) is 0 Å². The fourth-order valence-corrected chi connectivity index (χ4v) is 4.49. The number of guanidine groups is 1. The van der Waals surface area contributed by atoms with Gasteiger partial charge in [-0.25, -0.2) is 14.9 Å². The minimum atomic E-state index is -1.01. The Balaban J connectivity index is 1.95. The number of nitro groups is 1. The van der Waals surface area contributed by atoms with Gasteiger partial charge in [0.1, 0.15) is 11.1 Å². The molecule has 0 saturated carbocycles. The van der Waals surface area contributed by atoms with Crippen LogP contribution in [0.1, 0.15) is 35.4 Å². The number of hydrazone groups is 1. The number of primary amides is 1. The summed E-state index contributed by atoms with van der Waals surface area (Å²) in [5.74, 6) is -2.12. The molecule has 0 bridgehead atoms. The quantitative estimate of drug-likeness (QED) is 0.0776. The maximum atomic E-state index is 14.5. The number of hydrogen-bond acceptors (Lipinski definition) is 5. The zero-order valence-corrected chi connectivity index (χ0v) is 24.1. The van der Waals surface area contributed by atoms with E-state index in [1.54, 1.807) is 38.4 Å². The number of carbonyl (C=O) groups excluding carboxylic acids is 3. The Hall–Kier alpha value is -5.46. The third kappa shape index (κ3) is 9.56. The van der Waals surface area contributed by atoms with Crippen LogP contribution in [0.5, 0.6) is 0 Å². The number of amides is 4. The van der Waals surface area contributed by atoms with Gasteiger partial charge in [-0.1, -0.05) is 72.8 Å². The normalized spacial score (nSPS) is 11.8. The summed E-state index contributed by atoms with van der Waals surface area (Å²) < 4.78 is 0. The minimum absolute atomic E-state index is 0.0584. The number of anilines is 1. The highest BCUT2D eigenvalue weighted by Crippen LogP contribution is 2.29. The lowest BCUT2D eigenvalue weighted by Crippen LogP contribution is -2.49. The molecule has 0 radical (unpaired) electrons. The van der Waals surface area contributed by atoms with Gasteiger partial charge in [0, 0.05) is 32.9 Å². The Bertz CT molecular complexity index is 1380. The third-order valence-corrected chi connectivity index (χ3v) is 6.61. The minimum Gasteiger partial charge on any atom is -0.368 e. The average molecular weight is 589 g/mol. The molecule has 6 N–H and O–H groups in total. The zero-order valence-electron chi connectivity index (χ0n) is 24.1. The van der Waals surface area contributed by atoms with Crippen molar-refractivity contribution in [3.63, 3.8) is 0 Å². The second kappa shape index (κ2) is 15.5. The summed E-state index contributed by atoms with van der Waals surface area (Å²) in [7, 11) is 3.26. The lowest BCUT2D eigenvalue weighted by molar-refractivity contribution is -0.485. The van der Waals surface area contributed by atoms with Crippen molar-refractivity contribution < 1.29 is 19.4 Å². The van der Waals surface area contributed by atoms with Crippen LogP contribution in [0, 0.1) is 10.1 Å². The number of benzene rings is 3. The standard InChI is InChI=1S/C30H36N8O5/c1-36(2)30(41)34-24-17-15-21(16-18-24)20-37(25(27(31)39)14-9-19-33-29(32)35-38(42)43)28(40)26(22-10-5-3-6-11-22)23-12-7-4-8-13-23/h3-8,10-13,15-18,25-26H,9,14,19-20H2,1-2H3,(H2,31,39)(H,34,41)(H3,32,33,35)/t25-/m1/s1. The van der Waals surface area contributed by atoms with E-state index < -0.39 is 22.9 Å². The molecule has 4 amide bonds. The van der Waals surface area contributed by atoms with Crippen molar-refractivity contribution in [3.8, 4) is 0 Å². The van der Waals surface area contributed by atoms with Gasteiger partial charge in [0.05, 0.1) is 5.92 Å². The Morgan fingerprint density at radius 3 is 1.95 bits per heavy atom. The Kier molecular flexibility index (Phi) is 11.6. The first-order valence-electron chi connectivity index (χ1n) is 13.6. The van der Waals surface area contributed by atoms with E-state index in [0.717, 1.165) is 11.1 Å². The molecule has 0 saturated heterocycles. The van der Waals surface area contributed by atoms with Crippen molar-refractivity contribution in [2.24, 2.45) is 16.6 Å². The second-order valence-electron chi connectivity index (χ2n) is 9.95. The molecule has 13 heteroatoms. The van der Waals surface area contributed by atoms with Crippen LogP contribution in [0.3, 0.4) is 0 Å². The van der Waals surface area contributed by atoms with Gasteiger partial charge in [-0.15, -0.1) is 0 Å². The number of nitrogens with zero attached hydrogens (tertiary/aromatic N) is 4. The summed E-state index contributed by atoms with van der Waals surface area (Å²) >= 11 is 0. The first kappa shape index (κ1) is 32.1. The van der Waals surface area contributed by atoms with E-state index in [1.807, 2.05) is 60.7 Å². The molecule has 226 valence electrons. The average Bonchev–Trinajstić information content (AvgIpc) is 2.97. The SMILES string of the molecule is CN(C)C(=O)Nc1ccc(CN(C(=O)C(c2ccccc2)c2ccccc2)[C@H](CCCNC(N)=N[N+](=O)[O-])C(N)=O)cc1. The van der Waals surface area contributed by atoms with E-state index >= 15 is 0 Å². The zero-order chi connectivity index (χ0) is 31.4. The van der Waals surface area contributed by atoms with E-state index in [9.17, 15) is 24.5 Å². The summed E-state index contributed by atoms with van der Waals surface area (Å²) in [6, 6.07) is 24.2. The fraction of sp³-hybridized carbons (Fsp3) is 0.267. The smallest absolute Gasteiger partial charge is 0.321 e. The summed E-state index contributed by atoms with van der Waals surface area (Å²) in [5, 5.41) is 18.0. The number of rotatable bonds is 13. The molecule has 43 heavy (non-hydrogen) atoms. The van der Waals surface area contributed by atoms with Crippen LogP contribution < -0.4 is 22.1 Å². The third-order valence-electron chi connectivity index (χ3n) is 6.61. The first-order chi connectivity index (χ1) is 20.6. The lowest BCUT2D eigenvalue weighted by atomic mass is 9.89. The predicted octanol–water partition coefficient (Wildman–Crippen LogP) is 2.67. The van der Waals surface area contributed by atoms with Crippen LogP contribution in [0.15, 0.2) is 90.0 Å². The van der Waals surface area contributed by atoms with Gasteiger partial charge >= 0.3 is 6.03 Å². The van der Waals surface area contributed by atoms with E-state index in [0.29, 0.717) is 17.7 Å². The molecular formula is C30H36N8O5. The highest BCUT2D eigenvalue weighted by molar-refractivity contribution is 5.92. The largest absolute Gasteiger partial charge is 0.368 e. The molecule has 0 heterocycles. The highest BCUT2D eigenvalue weighted by Gasteiger charge is 2.34. The summed E-state index contributed by atoms with van der Waals surface area (Å²) in [6.45, 7) is 0.221. The molecule has 0 aromatic heterocycles. The van der Waals surface area contributed by atoms with Gasteiger partial charge in [-0.2, -0.15) is 0 Å². The van der Waals surface area contributed by atoms with E-state index in [2.05, 4.69) is 15.7 Å². The van der Waals surface area contributed by atoms with Gasteiger partial charge in [0.25, 0.3) is 5.96 Å². The van der Waals surface area contributed by atoms with Crippen molar-refractivity contribution in [1.29, 1.82) is 0 Å². The number of nitrogens with two attached hydrogens (primary N) is 2. The number of urea groups is 1. The van der Waals surface area contributed by atoms with Gasteiger partial charge in [0.15, 0.2) is 5.03 Å². The molecule has 0 unspecified atom stereocenters. The van der Waals surface area contributed by atoms with Crippen LogP contribution in [0.4, 0.5) is 10.5 Å². The van der Waals surface area contributed by atoms with Crippen LogP contribution >= 0.6 is 0 Å². The lowest BCUT2D eigenvalue weighted by Gasteiger charge is -2.33. The molecular weight excluding hydrogens is 552 g/mol. The summed E-state index contributed by atoms with van der Waals surface area (Å²) in [5.41, 5.74) is 14.2. The summed E-state index contributed by atoms with van der Waals surface area (Å²) in [6.07, 6.45) is 0.468. The molecule has 1 atom stereocenters. The molecule has 0 aliphatic heterocycles. The Morgan fingerprint density at radius 1 is 0.907 bits per heavy atom. The van der Waals surface area contributed by atoms with Crippen molar-refractivity contribution >= 4 is 29.5 Å². The highest BCUT2D eigenvalue weighted by atomic mass is 16.7. The van der Waals surface area contributed by atoms with Crippen molar-refractivity contribution in [3.05, 3.63) is 112 Å². The van der Waals surface area contributed by atoms with Crippen molar-refractivity contribution in [1.82, 2.24) is 15.1 Å². The van der Waals surface area contributed by atoms with Crippen LogP contribution in [0.25, 0.3) is 0 Å². The molecule has 3 aromatic rings. The summed E-state index contributed by atoms with van der Waals surface area (Å²) in [4.78, 5) is 52.8. The van der Waals surface area contributed by atoms with Gasteiger partial charge in [-0.3, -0.25) is 9.59 Å². The monoisotopic (exact) mass is 588 g/mol. The molecule has 0 aliphatic rings. The van der Waals surface area contributed by atoms with Crippen molar-refractivity contribution in [2.75, 3.05) is 26.0 Å². The van der Waals surface area contributed by atoms with Gasteiger partial charge in [0.2, 0.25) is 11.8 Å². The molecule has 0 aliphatic carbocycles. The molecule has 13 nitrogen and oxygen atoms in total. The molecule has 3 rings (SSSR count). The Labute approximate surface area is 249 Å². The number of hydrogen-bond donors (Lipinski definition) is 4. The number of carbonyl (C=O) groups is 3. The van der Waals surface area contributed by atoms with E-state index in [-0.39, 0.29) is 37.4 Å². The predicted molar refractivity (Wildman–Crippen MR) is 163 cm³/mol. The maximum Gasteiger partial charge on any atom is 0.321 e. The molecule has 0 fully saturated rings. The van der Waals surface area contributed by atoms with E-state index in [1.165, 1.54) is 9.80 Å². The second-order valence-corrected chi connectivity index (χ2v) is 9.95. The fourth-order valence-electron chi connectivity index (χ4n) is 4.49. The van der Waals surface area contributed by atoms with Gasteiger partial charge in [-0.05, 0) is 41.7 Å². The molecule has 3 aromatic carbocycles. The molecule has 0 spiro atoms. The Morgan fingerprint density at radius 2 is 1.47 bits per heavy atom. The van der Waals surface area contributed by atoms with Gasteiger partial charge < -0.3 is 31.9 Å². The van der Waals surface area contributed by atoms with Crippen LogP contribution in [-0.4, -0.2) is 65.3 Å². The van der Waals surface area contributed by atoms with E-state index in [4.69, 9.17) is 11.5 Å². The van der Waals surface area contributed by atoms with Crippen LogP contribution in [-0.2, 0) is 16.1 Å². The maximum absolute atomic E-state index is 14.5. The topological polar surface area (TPSA) is 189 Å². The first-order valence-corrected chi connectivity index (χ1v) is 13.6.